The van der Waals surface area contributed by atoms with Crippen molar-refractivity contribution in [3.8, 4) is 0 Å². The van der Waals surface area contributed by atoms with Crippen LogP contribution in [0.25, 0.3) is 0 Å². The number of hydrogen-bond acceptors (Lipinski definition) is 7. The summed E-state index contributed by atoms with van der Waals surface area (Å²) in [6.07, 6.45) is 2.52. The molecule has 140 valence electrons. The Morgan fingerprint density at radius 2 is 1.81 bits per heavy atom. The average Bonchev–Trinajstić information content (AvgIpc) is 2.62. The lowest BCUT2D eigenvalue weighted by molar-refractivity contribution is 0.311. The van der Waals surface area contributed by atoms with Gasteiger partial charge in [-0.15, -0.1) is 0 Å². The molecule has 0 bridgehead atoms. The summed E-state index contributed by atoms with van der Waals surface area (Å²) in [4.78, 5) is 13.6. The van der Waals surface area contributed by atoms with Gasteiger partial charge in [-0.25, -0.2) is 18.5 Å². The van der Waals surface area contributed by atoms with E-state index in [0.717, 1.165) is 49.9 Å². The van der Waals surface area contributed by atoms with E-state index in [1.165, 1.54) is 12.1 Å². The van der Waals surface area contributed by atoms with Gasteiger partial charge in [0.2, 0.25) is 16.0 Å². The van der Waals surface area contributed by atoms with Gasteiger partial charge in [-0.3, -0.25) is 0 Å². The summed E-state index contributed by atoms with van der Waals surface area (Å²) in [5.41, 5.74) is 1.03. The van der Waals surface area contributed by atoms with Crippen molar-refractivity contribution in [1.82, 2.24) is 14.9 Å². The number of nitrogens with zero attached hydrogens (tertiary/aromatic N) is 4. The molecule has 0 unspecified atom stereocenters. The van der Waals surface area contributed by atoms with E-state index < -0.39 is 10.0 Å². The Hall–Kier alpha value is -2.23. The molecule has 0 atom stereocenters. The fourth-order valence-electron chi connectivity index (χ4n) is 2.79. The smallest absolute Gasteiger partial charge is 0.238 e. The minimum atomic E-state index is -3.64. The van der Waals surface area contributed by atoms with E-state index in [1.54, 1.807) is 18.3 Å². The number of primary sulfonamides is 1. The van der Waals surface area contributed by atoms with Crippen LogP contribution < -0.4 is 15.4 Å². The summed E-state index contributed by atoms with van der Waals surface area (Å²) < 4.78 is 22.5. The third kappa shape index (κ3) is 4.90. The molecule has 0 amide bonds. The van der Waals surface area contributed by atoms with Crippen LogP contribution in [0.4, 0.5) is 11.8 Å². The van der Waals surface area contributed by atoms with Gasteiger partial charge in [-0.05, 0) is 37.2 Å². The molecule has 26 heavy (non-hydrogen) atoms. The number of hydrogen-bond donors (Lipinski definition) is 2. The lowest BCUT2D eigenvalue weighted by atomic mass is 10.1. The van der Waals surface area contributed by atoms with Crippen molar-refractivity contribution in [2.75, 3.05) is 50.0 Å². The highest BCUT2D eigenvalue weighted by atomic mass is 32.2. The molecule has 9 heteroatoms. The van der Waals surface area contributed by atoms with Crippen LogP contribution in [0.3, 0.4) is 0 Å². The largest absolute Gasteiger partial charge is 0.370 e. The van der Waals surface area contributed by atoms with E-state index in [4.69, 9.17) is 5.14 Å². The predicted octanol–water partition coefficient (Wildman–Crippen LogP) is 0.530. The molecule has 8 nitrogen and oxygen atoms in total. The quantitative estimate of drug-likeness (QED) is 0.758. The van der Waals surface area contributed by atoms with E-state index in [9.17, 15) is 8.42 Å². The van der Waals surface area contributed by atoms with Crippen LogP contribution >= 0.6 is 0 Å². The summed E-state index contributed by atoms with van der Waals surface area (Å²) >= 11 is 0. The van der Waals surface area contributed by atoms with Crippen LogP contribution in [0.5, 0.6) is 0 Å². The van der Waals surface area contributed by atoms with Crippen molar-refractivity contribution in [2.24, 2.45) is 5.14 Å². The maximum Gasteiger partial charge on any atom is 0.238 e. The van der Waals surface area contributed by atoms with Gasteiger partial charge >= 0.3 is 0 Å². The predicted molar refractivity (Wildman–Crippen MR) is 102 cm³/mol. The van der Waals surface area contributed by atoms with Gasteiger partial charge in [0.1, 0.15) is 5.82 Å². The topological polar surface area (TPSA) is 104 Å². The van der Waals surface area contributed by atoms with Crippen LogP contribution in [0, 0.1) is 0 Å². The highest BCUT2D eigenvalue weighted by Crippen LogP contribution is 2.13. The normalized spacial score (nSPS) is 15.8. The molecule has 2 heterocycles. The molecule has 1 saturated heterocycles. The van der Waals surface area contributed by atoms with Crippen molar-refractivity contribution < 1.29 is 8.42 Å². The molecule has 3 N–H and O–H groups in total. The fraction of sp³-hybridized carbons (Fsp3) is 0.412. The monoisotopic (exact) mass is 376 g/mol. The van der Waals surface area contributed by atoms with Crippen LogP contribution in [0.15, 0.2) is 41.4 Å². The maximum absolute atomic E-state index is 11.3. The second kappa shape index (κ2) is 7.98. The molecule has 1 aromatic carbocycles. The van der Waals surface area contributed by atoms with E-state index in [2.05, 4.69) is 32.1 Å². The van der Waals surface area contributed by atoms with Crippen molar-refractivity contribution in [3.63, 3.8) is 0 Å². The number of nitrogens with one attached hydrogen (secondary N) is 1. The van der Waals surface area contributed by atoms with Crippen LogP contribution in [0.1, 0.15) is 5.56 Å². The van der Waals surface area contributed by atoms with Gasteiger partial charge in [0.25, 0.3) is 0 Å². The average molecular weight is 376 g/mol. The molecule has 1 fully saturated rings. The molecule has 0 aliphatic carbocycles. The molecule has 0 spiro atoms. The Labute approximate surface area is 154 Å². The van der Waals surface area contributed by atoms with Crippen molar-refractivity contribution in [2.45, 2.75) is 11.3 Å². The van der Waals surface area contributed by atoms with Gasteiger partial charge in [-0.1, -0.05) is 12.1 Å². The fourth-order valence-corrected chi connectivity index (χ4v) is 3.30. The second-order valence-electron chi connectivity index (χ2n) is 6.40. The Morgan fingerprint density at radius 3 is 2.46 bits per heavy atom. The molecule has 0 radical (unpaired) electrons. The Kier molecular flexibility index (Phi) is 5.70. The molecular formula is C17H24N6O2S. The standard InChI is InChI=1S/C17H24N6O2S/c1-22-10-12-23(13-11-22)17-20-9-7-16(21-17)19-8-6-14-2-4-15(5-3-14)26(18,24)25/h2-5,7,9H,6,8,10-13H2,1H3,(H2,18,24,25)(H,19,20,21). The van der Waals surface area contributed by atoms with Crippen LogP contribution in [0.2, 0.25) is 0 Å². The van der Waals surface area contributed by atoms with Crippen molar-refractivity contribution in [1.29, 1.82) is 0 Å². The summed E-state index contributed by atoms with van der Waals surface area (Å²) in [6, 6.07) is 8.46. The number of likely N-dealkylation sites (N-methyl/N-ethyl adjacent to an activating group) is 1. The number of aromatic nitrogens is 2. The summed E-state index contributed by atoms with van der Waals surface area (Å²) in [5.74, 6) is 1.54. The number of nitrogens with two attached hydrogens (primary N) is 1. The van der Waals surface area contributed by atoms with Gasteiger partial charge in [0, 0.05) is 38.9 Å². The van der Waals surface area contributed by atoms with E-state index in [1.807, 2.05) is 6.07 Å². The molecular weight excluding hydrogens is 352 g/mol. The van der Waals surface area contributed by atoms with Crippen molar-refractivity contribution >= 4 is 21.8 Å². The van der Waals surface area contributed by atoms with E-state index >= 15 is 0 Å². The number of anilines is 2. The first kappa shape index (κ1) is 18.6. The lowest BCUT2D eigenvalue weighted by Crippen LogP contribution is -2.45. The zero-order valence-corrected chi connectivity index (χ0v) is 15.6. The molecule has 1 aliphatic heterocycles. The van der Waals surface area contributed by atoms with E-state index in [0.29, 0.717) is 6.54 Å². The van der Waals surface area contributed by atoms with Crippen molar-refractivity contribution in [3.05, 3.63) is 42.1 Å². The summed E-state index contributed by atoms with van der Waals surface area (Å²) in [5, 5.41) is 8.40. The second-order valence-corrected chi connectivity index (χ2v) is 7.96. The van der Waals surface area contributed by atoms with Gasteiger partial charge in [0.15, 0.2) is 0 Å². The highest BCUT2D eigenvalue weighted by Gasteiger charge is 2.16. The minimum absolute atomic E-state index is 0.127. The zero-order valence-electron chi connectivity index (χ0n) is 14.8. The van der Waals surface area contributed by atoms with Gasteiger partial charge < -0.3 is 15.1 Å². The molecule has 1 aliphatic rings. The first-order chi connectivity index (χ1) is 12.4. The summed E-state index contributed by atoms with van der Waals surface area (Å²) in [7, 11) is -1.53. The third-order valence-corrected chi connectivity index (χ3v) is 5.33. The lowest BCUT2D eigenvalue weighted by Gasteiger charge is -2.32. The molecule has 0 saturated carbocycles. The van der Waals surface area contributed by atoms with Crippen LogP contribution in [-0.4, -0.2) is 63.1 Å². The highest BCUT2D eigenvalue weighted by molar-refractivity contribution is 7.89. The summed E-state index contributed by atoms with van der Waals surface area (Å²) in [6.45, 7) is 4.56. The first-order valence-corrected chi connectivity index (χ1v) is 10.1. The SMILES string of the molecule is CN1CCN(c2nccc(NCCc3ccc(S(N)(=O)=O)cc3)n2)CC1. The Bertz CT molecular complexity index is 833. The molecule has 2 aromatic rings. The number of piperazine rings is 1. The Morgan fingerprint density at radius 1 is 1.12 bits per heavy atom. The number of rotatable bonds is 6. The van der Waals surface area contributed by atoms with Crippen LogP contribution in [-0.2, 0) is 16.4 Å². The zero-order chi connectivity index (χ0) is 18.6. The first-order valence-electron chi connectivity index (χ1n) is 8.54. The minimum Gasteiger partial charge on any atom is -0.370 e. The van der Waals surface area contributed by atoms with E-state index in [-0.39, 0.29) is 4.90 Å². The number of sulfonamides is 1. The molecule has 3 rings (SSSR count). The molecule has 1 aromatic heterocycles. The Balaban J connectivity index is 1.54. The van der Waals surface area contributed by atoms with Gasteiger partial charge in [0.05, 0.1) is 4.90 Å². The number of benzene rings is 1. The maximum atomic E-state index is 11.3. The van der Waals surface area contributed by atoms with Gasteiger partial charge in [-0.2, -0.15) is 4.98 Å². The third-order valence-electron chi connectivity index (χ3n) is 4.40.